The Morgan fingerprint density at radius 3 is 2.50 bits per heavy atom. The topological polar surface area (TPSA) is 145 Å². The van der Waals surface area contributed by atoms with Crippen LogP contribution in [0.1, 0.15) is 36.9 Å². The van der Waals surface area contributed by atoms with Gasteiger partial charge in [-0.25, -0.2) is 9.37 Å². The number of nitriles is 1. The zero-order valence-corrected chi connectivity index (χ0v) is 15.6. The highest BCUT2D eigenvalue weighted by Crippen LogP contribution is 2.20. The third-order valence-corrected chi connectivity index (χ3v) is 4.25. The van der Waals surface area contributed by atoms with E-state index in [1.165, 1.54) is 42.5 Å². The average molecular weight is 406 g/mol. The Bertz CT molecular complexity index is 1180. The van der Waals surface area contributed by atoms with Crippen molar-refractivity contribution in [2.45, 2.75) is 0 Å². The largest absolute Gasteiger partial charge is 0.364 e. The number of carbonyl (C=O) groups is 3. The van der Waals surface area contributed by atoms with Gasteiger partial charge in [0.25, 0.3) is 17.7 Å². The molecule has 9 nitrogen and oxygen atoms in total. The molecular formula is C20H15FN6O3. The Kier molecular flexibility index (Phi) is 5.55. The van der Waals surface area contributed by atoms with Crippen LogP contribution in [0, 0.1) is 17.1 Å². The Labute approximate surface area is 169 Å². The Morgan fingerprint density at radius 1 is 1.20 bits per heavy atom. The maximum atomic E-state index is 14.0. The minimum atomic E-state index is -0.808. The molecule has 4 N–H and O–H groups in total. The lowest BCUT2D eigenvalue weighted by atomic mass is 10.1. The summed E-state index contributed by atoms with van der Waals surface area (Å²) < 4.78 is 14.0. The van der Waals surface area contributed by atoms with Gasteiger partial charge in [-0.05, 0) is 42.5 Å². The van der Waals surface area contributed by atoms with E-state index < -0.39 is 23.5 Å². The van der Waals surface area contributed by atoms with Crippen LogP contribution in [0.3, 0.4) is 0 Å². The van der Waals surface area contributed by atoms with E-state index in [0.717, 1.165) is 6.07 Å². The summed E-state index contributed by atoms with van der Waals surface area (Å²) >= 11 is 0. The van der Waals surface area contributed by atoms with E-state index in [1.54, 1.807) is 18.2 Å². The molecule has 0 unspecified atom stereocenters. The first-order chi connectivity index (χ1) is 14.3. The number of hydrogen-bond acceptors (Lipinski definition) is 5. The summed E-state index contributed by atoms with van der Waals surface area (Å²) in [5.41, 5.74) is 5.73. The molecule has 0 fully saturated rings. The Balaban J connectivity index is 1.74. The third-order valence-electron chi connectivity index (χ3n) is 4.25. The zero-order valence-electron chi connectivity index (χ0n) is 15.6. The number of halogens is 1. The number of nitrogens with one attached hydrogen (secondary N) is 2. The van der Waals surface area contributed by atoms with Gasteiger partial charge >= 0.3 is 0 Å². The standard InChI is InChI=1S/C20H15FN6O3/c1-27(20(30)17-16(18(23)28)24-10-25-17)13-5-3-12(4-6-13)26-19(29)14-7-2-11(9-22)8-15(14)21/h2-8,10H,1H3,(H2,23,28)(H,24,25)(H,26,29). The van der Waals surface area contributed by atoms with Crippen molar-refractivity contribution in [1.82, 2.24) is 9.97 Å². The fourth-order valence-electron chi connectivity index (χ4n) is 2.66. The number of carbonyl (C=O) groups excluding carboxylic acids is 3. The second kappa shape index (κ2) is 8.24. The van der Waals surface area contributed by atoms with Crippen LogP contribution < -0.4 is 16.0 Å². The quantitative estimate of drug-likeness (QED) is 0.594. The van der Waals surface area contributed by atoms with E-state index in [2.05, 4.69) is 15.3 Å². The fraction of sp³-hybridized carbons (Fsp3) is 0.0500. The highest BCUT2D eigenvalue weighted by Gasteiger charge is 2.22. The summed E-state index contributed by atoms with van der Waals surface area (Å²) in [5.74, 6) is -2.85. The number of imidazole rings is 1. The van der Waals surface area contributed by atoms with Gasteiger partial charge in [-0.15, -0.1) is 0 Å². The second-order valence-electron chi connectivity index (χ2n) is 6.16. The molecule has 150 valence electrons. The van der Waals surface area contributed by atoms with Crippen molar-refractivity contribution in [1.29, 1.82) is 5.26 Å². The number of anilines is 2. The number of primary amides is 1. The van der Waals surface area contributed by atoms with Crippen molar-refractivity contribution < 1.29 is 18.8 Å². The van der Waals surface area contributed by atoms with Crippen LogP contribution in [-0.2, 0) is 0 Å². The molecule has 3 aromatic rings. The highest BCUT2D eigenvalue weighted by atomic mass is 19.1. The van der Waals surface area contributed by atoms with Crippen LogP contribution >= 0.6 is 0 Å². The molecule has 0 atom stereocenters. The minimum absolute atomic E-state index is 0.0971. The maximum Gasteiger partial charge on any atom is 0.279 e. The first kappa shape index (κ1) is 20.2. The number of aromatic amines is 1. The number of aromatic nitrogens is 2. The van der Waals surface area contributed by atoms with E-state index in [-0.39, 0.29) is 22.5 Å². The Hall–Kier alpha value is -4.52. The number of H-pyrrole nitrogens is 1. The van der Waals surface area contributed by atoms with E-state index in [4.69, 9.17) is 11.0 Å². The molecule has 0 saturated heterocycles. The molecular weight excluding hydrogens is 391 g/mol. The van der Waals surface area contributed by atoms with E-state index in [0.29, 0.717) is 11.4 Å². The third kappa shape index (κ3) is 4.00. The van der Waals surface area contributed by atoms with Crippen molar-refractivity contribution in [3.63, 3.8) is 0 Å². The predicted octanol–water partition coefficient (Wildman–Crippen LogP) is 2.05. The first-order valence-corrected chi connectivity index (χ1v) is 8.54. The van der Waals surface area contributed by atoms with E-state index >= 15 is 0 Å². The summed E-state index contributed by atoms with van der Waals surface area (Å²) in [6, 6.07) is 11.5. The zero-order chi connectivity index (χ0) is 21.8. The predicted molar refractivity (Wildman–Crippen MR) is 105 cm³/mol. The van der Waals surface area contributed by atoms with Crippen molar-refractivity contribution in [2.75, 3.05) is 17.3 Å². The first-order valence-electron chi connectivity index (χ1n) is 8.54. The molecule has 0 aliphatic heterocycles. The number of amides is 3. The van der Waals surface area contributed by atoms with Crippen LogP contribution in [0.15, 0.2) is 48.8 Å². The molecule has 10 heteroatoms. The van der Waals surface area contributed by atoms with Crippen molar-refractivity contribution >= 4 is 29.1 Å². The number of benzene rings is 2. The highest BCUT2D eigenvalue weighted by molar-refractivity contribution is 6.11. The van der Waals surface area contributed by atoms with Gasteiger partial charge in [0.1, 0.15) is 11.5 Å². The maximum absolute atomic E-state index is 14.0. The van der Waals surface area contributed by atoms with Gasteiger partial charge in [-0.1, -0.05) is 0 Å². The molecule has 0 spiro atoms. The van der Waals surface area contributed by atoms with Gasteiger partial charge < -0.3 is 20.9 Å². The molecule has 1 aromatic heterocycles. The Morgan fingerprint density at radius 2 is 1.90 bits per heavy atom. The molecule has 0 aliphatic carbocycles. The van der Waals surface area contributed by atoms with Gasteiger partial charge in [0.2, 0.25) is 0 Å². The summed E-state index contributed by atoms with van der Waals surface area (Å²) in [5, 5.41) is 11.3. The smallest absolute Gasteiger partial charge is 0.279 e. The molecule has 30 heavy (non-hydrogen) atoms. The van der Waals surface area contributed by atoms with Crippen LogP contribution in [0.2, 0.25) is 0 Å². The lowest BCUT2D eigenvalue weighted by Crippen LogP contribution is -2.29. The summed E-state index contributed by atoms with van der Waals surface area (Å²) in [4.78, 5) is 43.8. The van der Waals surface area contributed by atoms with Crippen molar-refractivity contribution in [3.8, 4) is 6.07 Å². The molecule has 3 rings (SSSR count). The second-order valence-corrected chi connectivity index (χ2v) is 6.16. The number of nitrogens with zero attached hydrogens (tertiary/aromatic N) is 3. The van der Waals surface area contributed by atoms with Crippen LogP contribution in [0.25, 0.3) is 0 Å². The SMILES string of the molecule is CN(C(=O)c1nc[nH]c1C(N)=O)c1ccc(NC(=O)c2ccc(C#N)cc2F)cc1. The van der Waals surface area contributed by atoms with Crippen LogP contribution in [-0.4, -0.2) is 34.7 Å². The summed E-state index contributed by atoms with van der Waals surface area (Å²) in [6.07, 6.45) is 1.20. The molecule has 0 aliphatic rings. The van der Waals surface area contributed by atoms with Gasteiger partial charge in [0, 0.05) is 18.4 Å². The average Bonchev–Trinajstić information content (AvgIpc) is 3.23. The lowest BCUT2D eigenvalue weighted by Gasteiger charge is -2.17. The van der Waals surface area contributed by atoms with Crippen molar-refractivity contribution in [2.24, 2.45) is 5.73 Å². The summed E-state index contributed by atoms with van der Waals surface area (Å²) in [7, 11) is 1.49. The normalized spacial score (nSPS) is 10.2. The molecule has 3 amide bonds. The fourth-order valence-corrected chi connectivity index (χ4v) is 2.66. The van der Waals surface area contributed by atoms with Gasteiger partial charge in [0.05, 0.1) is 23.5 Å². The molecule has 0 saturated carbocycles. The van der Waals surface area contributed by atoms with Gasteiger partial charge in [-0.3, -0.25) is 14.4 Å². The number of nitrogens with two attached hydrogens (primary N) is 1. The minimum Gasteiger partial charge on any atom is -0.364 e. The lowest BCUT2D eigenvalue weighted by molar-refractivity contribution is 0.0958. The number of rotatable bonds is 5. The van der Waals surface area contributed by atoms with Gasteiger partial charge in [0.15, 0.2) is 5.69 Å². The van der Waals surface area contributed by atoms with Crippen molar-refractivity contribution in [3.05, 3.63) is 77.1 Å². The van der Waals surface area contributed by atoms with E-state index in [9.17, 15) is 18.8 Å². The summed E-state index contributed by atoms with van der Waals surface area (Å²) in [6.45, 7) is 0. The van der Waals surface area contributed by atoms with Gasteiger partial charge in [-0.2, -0.15) is 5.26 Å². The number of hydrogen-bond donors (Lipinski definition) is 3. The van der Waals surface area contributed by atoms with E-state index in [1.807, 2.05) is 0 Å². The van der Waals surface area contributed by atoms with Crippen LogP contribution in [0.4, 0.5) is 15.8 Å². The molecule has 0 bridgehead atoms. The monoisotopic (exact) mass is 406 g/mol. The molecule has 1 heterocycles. The molecule has 2 aromatic carbocycles. The molecule has 0 radical (unpaired) electrons. The van der Waals surface area contributed by atoms with Crippen LogP contribution in [0.5, 0.6) is 0 Å².